The Morgan fingerprint density at radius 3 is 2.10 bits per heavy atom. The molecule has 1 aliphatic rings. The third kappa shape index (κ3) is 5.51. The lowest BCUT2D eigenvalue weighted by Crippen LogP contribution is -2.79. The normalized spacial score (nSPS) is 20.1. The number of allylic oxidation sites excluding steroid dienone is 2. The molecule has 0 saturated carbocycles. The van der Waals surface area contributed by atoms with E-state index in [0.717, 1.165) is 52.2 Å². The number of hydrogen-bond donors (Lipinski definition) is 2. The van der Waals surface area contributed by atoms with Gasteiger partial charge in [-0.3, -0.25) is 9.59 Å². The summed E-state index contributed by atoms with van der Waals surface area (Å²) in [4.78, 5) is 29.2. The SMILES string of the molecule is O=C(NC1(C(F)(C(F)(F)F)C(F)(F)F)C(C(F)(F)F)=CC=CC1I)c1cccc(NC(=O)c2cccnc2Cl)c1. The molecule has 40 heavy (non-hydrogen) atoms. The van der Waals surface area contributed by atoms with Gasteiger partial charge in [0, 0.05) is 17.4 Å². The lowest BCUT2D eigenvalue weighted by Gasteiger charge is -2.50. The van der Waals surface area contributed by atoms with Crippen LogP contribution in [0.25, 0.3) is 0 Å². The first-order valence-corrected chi connectivity index (χ1v) is 12.2. The van der Waals surface area contributed by atoms with Crippen LogP contribution >= 0.6 is 34.2 Å². The van der Waals surface area contributed by atoms with Gasteiger partial charge in [0.05, 0.1) is 15.1 Å². The molecule has 1 aromatic carbocycles. The number of pyridine rings is 1. The van der Waals surface area contributed by atoms with Crippen molar-refractivity contribution in [2.45, 2.75) is 33.7 Å². The van der Waals surface area contributed by atoms with Crippen molar-refractivity contribution in [3.63, 3.8) is 0 Å². The van der Waals surface area contributed by atoms with E-state index in [2.05, 4.69) is 10.3 Å². The molecular formula is C23H13ClF10IN3O2. The summed E-state index contributed by atoms with van der Waals surface area (Å²) in [6, 6.07) is 6.31. The molecule has 2 aromatic rings. The molecule has 1 heterocycles. The van der Waals surface area contributed by atoms with Gasteiger partial charge in [0.15, 0.2) is 0 Å². The number of amides is 2. The molecule has 216 valence electrons. The van der Waals surface area contributed by atoms with Crippen LogP contribution in [-0.4, -0.2) is 50.5 Å². The summed E-state index contributed by atoms with van der Waals surface area (Å²) in [5.74, 6) is -2.82. The number of hydrogen-bond acceptors (Lipinski definition) is 3. The molecule has 5 nitrogen and oxygen atoms in total. The Kier molecular flexibility index (Phi) is 8.57. The van der Waals surface area contributed by atoms with Crippen LogP contribution in [0.5, 0.6) is 0 Å². The summed E-state index contributed by atoms with van der Waals surface area (Å²) in [7, 11) is 0. The van der Waals surface area contributed by atoms with E-state index in [-0.39, 0.29) is 22.5 Å². The van der Waals surface area contributed by atoms with Gasteiger partial charge in [0.1, 0.15) is 10.7 Å². The standard InChI is InChI=1S/C23H13ClF10IN3O2/c24-16-13(6-3-9-36-16)18(40)37-12-5-1-4-11(10-12)17(39)38-19(21(28,22(29,30)31)23(32,33)34)14(20(25,26)27)7-2-8-15(19)35/h1-10,15H,(H,37,40)(H,38,39). The van der Waals surface area contributed by atoms with Gasteiger partial charge >= 0.3 is 24.2 Å². The molecule has 1 aromatic heterocycles. The van der Waals surface area contributed by atoms with Crippen LogP contribution in [0.4, 0.5) is 49.6 Å². The topological polar surface area (TPSA) is 71.1 Å². The molecule has 3 rings (SSSR count). The molecule has 0 aliphatic heterocycles. The van der Waals surface area contributed by atoms with Gasteiger partial charge in [0.2, 0.25) is 0 Å². The molecule has 2 unspecified atom stereocenters. The fraction of sp³-hybridized carbons (Fsp3) is 0.261. The average Bonchev–Trinajstić information content (AvgIpc) is 2.83. The summed E-state index contributed by atoms with van der Waals surface area (Å²) in [6.45, 7) is 0. The predicted octanol–water partition coefficient (Wildman–Crippen LogP) is 7.15. The van der Waals surface area contributed by atoms with Crippen LogP contribution in [-0.2, 0) is 0 Å². The second-order valence-electron chi connectivity index (χ2n) is 8.16. The number of benzene rings is 1. The van der Waals surface area contributed by atoms with Crippen LogP contribution in [0.15, 0.2) is 66.4 Å². The smallest absolute Gasteiger partial charge is 0.337 e. The second kappa shape index (κ2) is 10.8. The molecule has 2 N–H and O–H groups in total. The Morgan fingerprint density at radius 1 is 0.925 bits per heavy atom. The van der Waals surface area contributed by atoms with Gasteiger partial charge < -0.3 is 10.6 Å². The average molecular weight is 716 g/mol. The van der Waals surface area contributed by atoms with Gasteiger partial charge in [-0.2, -0.15) is 39.5 Å². The lowest BCUT2D eigenvalue weighted by molar-refractivity contribution is -0.361. The minimum Gasteiger partial charge on any atom is -0.337 e. The predicted molar refractivity (Wildman–Crippen MR) is 131 cm³/mol. The number of alkyl halides is 11. The highest BCUT2D eigenvalue weighted by Gasteiger charge is 2.85. The number of halogens is 12. The van der Waals surface area contributed by atoms with Crippen LogP contribution in [0, 0.1) is 0 Å². The number of aromatic nitrogens is 1. The third-order valence-corrected chi connectivity index (χ3v) is 7.36. The zero-order valence-corrected chi connectivity index (χ0v) is 22.1. The van der Waals surface area contributed by atoms with Crippen molar-refractivity contribution in [3.8, 4) is 0 Å². The monoisotopic (exact) mass is 715 g/mol. The maximum Gasteiger partial charge on any atom is 0.434 e. The first-order valence-electron chi connectivity index (χ1n) is 10.5. The highest BCUT2D eigenvalue weighted by Crippen LogP contribution is 2.60. The van der Waals surface area contributed by atoms with E-state index in [4.69, 9.17) is 11.6 Å². The zero-order chi connectivity index (χ0) is 30.3. The largest absolute Gasteiger partial charge is 0.434 e. The number of carbonyl (C=O) groups is 2. The molecule has 2 amide bonds. The minimum atomic E-state index is -6.98. The number of nitrogens with one attached hydrogen (secondary N) is 2. The fourth-order valence-corrected chi connectivity index (χ4v) is 5.31. The molecule has 0 spiro atoms. The number of nitrogens with zero attached hydrogens (tertiary/aromatic N) is 1. The van der Waals surface area contributed by atoms with Crippen molar-refractivity contribution in [2.24, 2.45) is 0 Å². The summed E-state index contributed by atoms with van der Waals surface area (Å²) in [6.07, 6.45) is -17.9. The molecule has 2 atom stereocenters. The van der Waals surface area contributed by atoms with Crippen molar-refractivity contribution >= 4 is 51.7 Å². The lowest BCUT2D eigenvalue weighted by atomic mass is 9.69. The van der Waals surface area contributed by atoms with E-state index in [1.54, 1.807) is 0 Å². The molecule has 0 radical (unpaired) electrons. The minimum absolute atomic E-state index is 0.155. The summed E-state index contributed by atoms with van der Waals surface area (Å²) in [5, 5.41) is 3.10. The van der Waals surface area contributed by atoms with E-state index in [1.807, 2.05) is 0 Å². The highest BCUT2D eigenvalue weighted by atomic mass is 127. The van der Waals surface area contributed by atoms with Crippen LogP contribution < -0.4 is 10.6 Å². The van der Waals surface area contributed by atoms with Crippen LogP contribution in [0.3, 0.4) is 0 Å². The molecular weight excluding hydrogens is 703 g/mol. The van der Waals surface area contributed by atoms with Crippen LogP contribution in [0.2, 0.25) is 5.15 Å². The van der Waals surface area contributed by atoms with Gasteiger partial charge in [-0.15, -0.1) is 0 Å². The Hall–Kier alpha value is -2.89. The van der Waals surface area contributed by atoms with E-state index in [0.29, 0.717) is 12.2 Å². The Bertz CT molecular complexity index is 1360. The number of anilines is 1. The van der Waals surface area contributed by atoms with E-state index < -0.39 is 56.6 Å². The summed E-state index contributed by atoms with van der Waals surface area (Å²) < 4.78 is 138. The molecule has 0 saturated heterocycles. The first kappa shape index (κ1) is 31.6. The van der Waals surface area contributed by atoms with Crippen molar-refractivity contribution in [2.75, 3.05) is 5.32 Å². The van der Waals surface area contributed by atoms with Crippen molar-refractivity contribution in [1.29, 1.82) is 0 Å². The molecule has 17 heteroatoms. The third-order valence-electron chi connectivity index (χ3n) is 5.71. The van der Waals surface area contributed by atoms with Gasteiger partial charge in [0.25, 0.3) is 11.8 Å². The highest BCUT2D eigenvalue weighted by molar-refractivity contribution is 14.1. The number of carbonyl (C=O) groups excluding carboxylic acids is 2. The molecule has 0 fully saturated rings. The van der Waals surface area contributed by atoms with E-state index in [9.17, 15) is 49.1 Å². The Balaban J connectivity index is 2.14. The van der Waals surface area contributed by atoms with Gasteiger partial charge in [-0.1, -0.05) is 58.5 Å². The van der Waals surface area contributed by atoms with Gasteiger partial charge in [-0.05, 0) is 30.3 Å². The van der Waals surface area contributed by atoms with E-state index >= 15 is 4.39 Å². The van der Waals surface area contributed by atoms with E-state index in [1.165, 1.54) is 18.3 Å². The summed E-state index contributed by atoms with van der Waals surface area (Å²) in [5.41, 5.74) is -15.2. The molecule has 0 bridgehead atoms. The molecule has 1 aliphatic carbocycles. The number of rotatable bonds is 5. The zero-order valence-electron chi connectivity index (χ0n) is 19.2. The van der Waals surface area contributed by atoms with Crippen molar-refractivity contribution < 1.29 is 53.5 Å². The maximum atomic E-state index is 15.6. The van der Waals surface area contributed by atoms with Crippen LogP contribution in [0.1, 0.15) is 20.7 Å². The summed E-state index contributed by atoms with van der Waals surface area (Å²) >= 11 is 6.57. The van der Waals surface area contributed by atoms with Crippen molar-refractivity contribution in [3.05, 3.63) is 82.7 Å². The van der Waals surface area contributed by atoms with Gasteiger partial charge in [-0.25, -0.2) is 9.37 Å². The van der Waals surface area contributed by atoms with Crippen molar-refractivity contribution in [1.82, 2.24) is 10.3 Å². The Labute approximate surface area is 236 Å². The Morgan fingerprint density at radius 2 is 1.55 bits per heavy atom. The fourth-order valence-electron chi connectivity index (χ4n) is 3.94. The second-order valence-corrected chi connectivity index (χ2v) is 9.86. The maximum absolute atomic E-state index is 15.6. The first-order chi connectivity index (χ1) is 18.3. The quantitative estimate of drug-likeness (QED) is 0.150.